The number of nitrogens with zero attached hydrogens (tertiary/aromatic N) is 1. The van der Waals surface area contributed by atoms with Gasteiger partial charge in [0.05, 0.1) is 11.2 Å². The first-order valence-electron chi connectivity index (χ1n) is 2.84. The van der Waals surface area contributed by atoms with Gasteiger partial charge in [0, 0.05) is 17.1 Å². The van der Waals surface area contributed by atoms with Gasteiger partial charge in [0.25, 0.3) is 0 Å². The fourth-order valence-electron chi connectivity index (χ4n) is 0.641. The third-order valence-corrected chi connectivity index (χ3v) is 1.81. The Morgan fingerprint density at radius 3 is 3.11 bits per heavy atom. The van der Waals surface area contributed by atoms with E-state index in [0.717, 1.165) is 12.1 Å². The molecule has 0 radical (unpaired) electrons. The van der Waals surface area contributed by atoms with E-state index in [9.17, 15) is 0 Å². The third kappa shape index (κ3) is 2.37. The quantitative estimate of drug-likeness (QED) is 0.651. The molecule has 0 aromatic carbocycles. The summed E-state index contributed by atoms with van der Waals surface area (Å²) >= 11 is 5.89. The van der Waals surface area contributed by atoms with Gasteiger partial charge in [0.2, 0.25) is 0 Å². The Morgan fingerprint density at radius 2 is 2.67 bits per heavy atom. The number of rotatable bonds is 2. The van der Waals surface area contributed by atoms with Crippen LogP contribution in [0.25, 0.3) is 0 Å². The molecule has 0 aliphatic rings. The smallest absolute Gasteiger partial charge is 0.0794 e. The Hall–Kier alpha value is -0.0200. The second-order valence-electron chi connectivity index (χ2n) is 2.03. The summed E-state index contributed by atoms with van der Waals surface area (Å²) < 4.78 is 0. The highest BCUT2D eigenvalue weighted by atomic mass is 32.1. The van der Waals surface area contributed by atoms with Crippen LogP contribution in [-0.4, -0.2) is 10.2 Å². The molecule has 0 saturated heterocycles. The Labute approximate surface area is 64.5 Å². The van der Waals surface area contributed by atoms with E-state index in [1.54, 1.807) is 11.3 Å². The molecule has 1 aromatic rings. The topological polar surface area (TPSA) is 12.9 Å². The highest BCUT2D eigenvalue weighted by molar-refractivity contribution is 7.80. The predicted octanol–water partition coefficient (Wildman–Crippen LogP) is 2.00. The molecule has 9 heavy (non-hydrogen) atoms. The number of thiazole rings is 1. The van der Waals surface area contributed by atoms with Crippen LogP contribution >= 0.6 is 24.0 Å². The summed E-state index contributed by atoms with van der Waals surface area (Å²) in [5.41, 5.74) is 3.01. The van der Waals surface area contributed by atoms with Gasteiger partial charge in [-0.05, 0) is 0 Å². The van der Waals surface area contributed by atoms with Gasteiger partial charge in [-0.25, -0.2) is 4.98 Å². The molecule has 1 aromatic heterocycles. The van der Waals surface area contributed by atoms with Crippen molar-refractivity contribution in [1.82, 2.24) is 4.98 Å². The van der Waals surface area contributed by atoms with Gasteiger partial charge in [0.15, 0.2) is 0 Å². The van der Waals surface area contributed by atoms with Gasteiger partial charge < -0.3 is 0 Å². The van der Waals surface area contributed by atoms with E-state index in [-0.39, 0.29) is 0 Å². The maximum Gasteiger partial charge on any atom is 0.0794 e. The normalized spacial score (nSPS) is 13.6. The lowest BCUT2D eigenvalue weighted by molar-refractivity contribution is 0.918. The van der Waals surface area contributed by atoms with Gasteiger partial charge >= 0.3 is 0 Å². The summed E-state index contributed by atoms with van der Waals surface area (Å²) in [4.78, 5) is 4.13. The fourth-order valence-corrected chi connectivity index (χ4v) is 1.40. The monoisotopic (exact) mass is 159 g/mol. The minimum Gasteiger partial charge on any atom is -0.250 e. The lowest BCUT2D eigenvalue weighted by atomic mass is 10.3. The summed E-state index contributed by atoms with van der Waals surface area (Å²) in [6.07, 6.45) is 0.979. The molecule has 0 fully saturated rings. The molecule has 0 bridgehead atoms. The highest BCUT2D eigenvalue weighted by Gasteiger charge is 1.97. The second-order valence-corrected chi connectivity index (χ2v) is 3.63. The van der Waals surface area contributed by atoms with Crippen LogP contribution in [0.3, 0.4) is 0 Å². The molecule has 1 atom stereocenters. The van der Waals surface area contributed by atoms with E-state index in [1.165, 1.54) is 0 Å². The van der Waals surface area contributed by atoms with Crippen molar-refractivity contribution in [3.8, 4) is 0 Å². The Morgan fingerprint density at radius 1 is 1.89 bits per heavy atom. The molecule has 0 aliphatic carbocycles. The van der Waals surface area contributed by atoms with Gasteiger partial charge in [-0.1, -0.05) is 6.92 Å². The van der Waals surface area contributed by atoms with Crippen LogP contribution in [0.2, 0.25) is 0 Å². The zero-order valence-corrected chi connectivity index (χ0v) is 6.95. The Bertz CT molecular complexity index is 158. The SMILES string of the molecule is CC(S)Cc1cscn1. The van der Waals surface area contributed by atoms with Crippen molar-refractivity contribution in [3.63, 3.8) is 0 Å². The number of hydrogen-bond donors (Lipinski definition) is 1. The predicted molar refractivity (Wildman–Crippen MR) is 44.3 cm³/mol. The average molecular weight is 159 g/mol. The lowest BCUT2D eigenvalue weighted by Crippen LogP contribution is -1.96. The van der Waals surface area contributed by atoms with Gasteiger partial charge in [-0.15, -0.1) is 11.3 Å². The number of aromatic nitrogens is 1. The standard InChI is InChI=1S/C6H9NS2/c1-5(8)2-6-3-9-4-7-6/h3-5,8H,2H2,1H3. The minimum absolute atomic E-state index is 0.423. The molecule has 0 spiro atoms. The zero-order valence-electron chi connectivity index (χ0n) is 5.24. The van der Waals surface area contributed by atoms with E-state index in [4.69, 9.17) is 0 Å². The Balaban J connectivity index is 2.48. The number of thiol groups is 1. The van der Waals surface area contributed by atoms with Crippen LogP contribution in [0.15, 0.2) is 10.9 Å². The summed E-state index contributed by atoms with van der Waals surface area (Å²) in [6.45, 7) is 2.07. The van der Waals surface area contributed by atoms with Gasteiger partial charge in [-0.3, -0.25) is 0 Å². The summed E-state index contributed by atoms with van der Waals surface area (Å²) in [7, 11) is 0. The number of hydrogen-bond acceptors (Lipinski definition) is 3. The second kappa shape index (κ2) is 3.22. The van der Waals surface area contributed by atoms with E-state index in [0.29, 0.717) is 5.25 Å². The molecule has 0 N–H and O–H groups in total. The van der Waals surface area contributed by atoms with Crippen LogP contribution in [0.4, 0.5) is 0 Å². The maximum absolute atomic E-state index is 4.25. The first-order chi connectivity index (χ1) is 4.29. The van der Waals surface area contributed by atoms with Crippen molar-refractivity contribution in [3.05, 3.63) is 16.6 Å². The fraction of sp³-hybridized carbons (Fsp3) is 0.500. The molecule has 1 rings (SSSR count). The van der Waals surface area contributed by atoms with Crippen LogP contribution < -0.4 is 0 Å². The van der Waals surface area contributed by atoms with E-state index in [1.807, 2.05) is 5.51 Å². The van der Waals surface area contributed by atoms with Crippen molar-refractivity contribution >= 4 is 24.0 Å². The van der Waals surface area contributed by atoms with Crippen molar-refractivity contribution in [2.75, 3.05) is 0 Å². The minimum atomic E-state index is 0.423. The summed E-state index contributed by atoms with van der Waals surface area (Å²) in [5.74, 6) is 0. The van der Waals surface area contributed by atoms with E-state index >= 15 is 0 Å². The first kappa shape index (κ1) is 7.09. The van der Waals surface area contributed by atoms with E-state index in [2.05, 4.69) is 29.9 Å². The van der Waals surface area contributed by atoms with Crippen molar-refractivity contribution < 1.29 is 0 Å². The van der Waals surface area contributed by atoms with Gasteiger partial charge in [-0.2, -0.15) is 12.6 Å². The van der Waals surface area contributed by atoms with Crippen molar-refractivity contribution in [2.24, 2.45) is 0 Å². The lowest BCUT2D eigenvalue weighted by Gasteiger charge is -1.97. The average Bonchev–Trinajstić information content (AvgIpc) is 2.15. The molecular weight excluding hydrogens is 150 g/mol. The maximum atomic E-state index is 4.25. The van der Waals surface area contributed by atoms with Crippen LogP contribution in [0.5, 0.6) is 0 Å². The van der Waals surface area contributed by atoms with Gasteiger partial charge in [0.1, 0.15) is 0 Å². The summed E-state index contributed by atoms with van der Waals surface area (Å²) in [5, 5.41) is 2.49. The molecule has 1 unspecified atom stereocenters. The van der Waals surface area contributed by atoms with Crippen molar-refractivity contribution in [1.29, 1.82) is 0 Å². The molecule has 1 heterocycles. The van der Waals surface area contributed by atoms with Crippen LogP contribution in [-0.2, 0) is 6.42 Å². The molecule has 0 amide bonds. The largest absolute Gasteiger partial charge is 0.250 e. The third-order valence-electron chi connectivity index (χ3n) is 0.988. The summed E-state index contributed by atoms with van der Waals surface area (Å²) in [6, 6.07) is 0. The molecule has 50 valence electrons. The first-order valence-corrected chi connectivity index (χ1v) is 4.30. The molecule has 0 saturated carbocycles. The molecule has 0 aliphatic heterocycles. The zero-order chi connectivity index (χ0) is 6.69. The Kier molecular flexibility index (Phi) is 2.54. The molecular formula is C6H9NS2. The van der Waals surface area contributed by atoms with E-state index < -0.39 is 0 Å². The van der Waals surface area contributed by atoms with Crippen LogP contribution in [0, 0.1) is 0 Å². The molecule has 1 nitrogen and oxygen atoms in total. The highest BCUT2D eigenvalue weighted by Crippen LogP contribution is 2.06. The molecule has 3 heteroatoms. The van der Waals surface area contributed by atoms with Crippen LogP contribution in [0.1, 0.15) is 12.6 Å². The van der Waals surface area contributed by atoms with Crippen molar-refractivity contribution in [2.45, 2.75) is 18.6 Å².